The van der Waals surface area contributed by atoms with Crippen LogP contribution < -0.4 is 9.47 Å². The third-order valence-electron chi connectivity index (χ3n) is 11.9. The van der Waals surface area contributed by atoms with Crippen molar-refractivity contribution >= 4 is 45.4 Å². The number of carbonyl (C=O) groups excluding carboxylic acids is 2. The second-order valence-electron chi connectivity index (χ2n) is 13.5. The van der Waals surface area contributed by atoms with Crippen molar-refractivity contribution in [2.24, 2.45) is 52.8 Å². The Bertz CT molecular complexity index is 1820. The molecular weight excluding hydrogens is 572 g/mol. The van der Waals surface area contributed by atoms with Crippen LogP contribution >= 0.6 is 0 Å². The zero-order chi connectivity index (χ0) is 31.7. The van der Waals surface area contributed by atoms with Gasteiger partial charge in [-0.05, 0) is 55.1 Å². The number of allylic oxidation sites excluding steroid dienone is 4. The first-order chi connectivity index (χ1) is 21.6. The van der Waals surface area contributed by atoms with Gasteiger partial charge in [0.05, 0.1) is 23.7 Å². The third-order valence-corrected chi connectivity index (χ3v) is 11.9. The summed E-state index contributed by atoms with van der Waals surface area (Å²) in [5, 5.41) is 23.9. The summed E-state index contributed by atoms with van der Waals surface area (Å²) in [6.07, 6.45) is 5.12. The quantitative estimate of drug-likeness (QED) is 0.161. The van der Waals surface area contributed by atoms with Crippen molar-refractivity contribution in [3.05, 3.63) is 70.8 Å². The van der Waals surface area contributed by atoms with Crippen LogP contribution in [-0.2, 0) is 32.0 Å². The number of ether oxygens (including phenoxy) is 2. The van der Waals surface area contributed by atoms with Gasteiger partial charge in [0.1, 0.15) is 11.5 Å². The van der Waals surface area contributed by atoms with Gasteiger partial charge in [-0.25, -0.2) is 0 Å². The standard InChI is InChI=1S/C37H34O8/c1-5-17-9-7-11-19-23(17)31-20-12-8-10-18(6-2)24(20)32(19)45-36(43)26-22-14-16(4)30(28(26)34(40)41)37(22)21-13-15(3)29(37)27(33(38)39)25(21)35(42)44-31/h7-14,21-22,25-30H,5-6H2,1-4H3,(H,38,39)(H,40,41). The van der Waals surface area contributed by atoms with Crippen LogP contribution in [0.2, 0.25) is 0 Å². The number of aliphatic carboxylic acids is 2. The minimum atomic E-state index is -1.13. The molecule has 2 aliphatic heterocycles. The summed E-state index contributed by atoms with van der Waals surface area (Å²) in [5.41, 5.74) is 2.44. The van der Waals surface area contributed by atoms with E-state index in [2.05, 4.69) is 0 Å². The second kappa shape index (κ2) is 9.28. The van der Waals surface area contributed by atoms with Crippen LogP contribution in [0.25, 0.3) is 21.5 Å². The van der Waals surface area contributed by atoms with Gasteiger partial charge in [0.2, 0.25) is 0 Å². The van der Waals surface area contributed by atoms with Gasteiger partial charge in [0.15, 0.2) is 0 Å². The number of rotatable bonds is 4. The monoisotopic (exact) mass is 606 g/mol. The number of hydrogen-bond donors (Lipinski definition) is 2. The molecule has 3 aromatic rings. The lowest BCUT2D eigenvalue weighted by molar-refractivity contribution is -0.152. The highest BCUT2D eigenvalue weighted by molar-refractivity contribution is 6.15. The highest BCUT2D eigenvalue weighted by Gasteiger charge is 2.80. The number of fused-ring (bicyclic) bond motifs is 2. The van der Waals surface area contributed by atoms with Crippen LogP contribution in [0.15, 0.2) is 59.7 Å². The van der Waals surface area contributed by atoms with E-state index in [1.165, 1.54) is 0 Å². The Morgan fingerprint density at radius 3 is 1.47 bits per heavy atom. The molecule has 4 aliphatic carbocycles. The van der Waals surface area contributed by atoms with Gasteiger partial charge in [-0.15, -0.1) is 0 Å². The largest absolute Gasteiger partial charge is 0.481 e. The number of aryl methyl sites for hydroxylation is 2. The highest BCUT2D eigenvalue weighted by atomic mass is 16.5. The summed E-state index contributed by atoms with van der Waals surface area (Å²) in [6, 6.07) is 11.3. The molecule has 2 heterocycles. The van der Waals surface area contributed by atoms with E-state index in [0.29, 0.717) is 45.9 Å². The van der Waals surface area contributed by atoms with E-state index in [1.807, 2.05) is 76.2 Å². The van der Waals surface area contributed by atoms with E-state index in [9.17, 15) is 29.4 Å². The number of esters is 2. The zero-order valence-electron chi connectivity index (χ0n) is 25.5. The van der Waals surface area contributed by atoms with Crippen molar-refractivity contribution in [1.29, 1.82) is 0 Å². The van der Waals surface area contributed by atoms with Crippen LogP contribution in [0.4, 0.5) is 0 Å². The SMILES string of the molecule is CCc1cccc2c3c4c(CC)cccc4c(c12)OC(=O)C1C(C(=O)O)C2C(C)=CC1C21C2C=C(C)C1C(C(=O)O)C2C(=O)O3. The highest BCUT2D eigenvalue weighted by Crippen LogP contribution is 2.78. The molecule has 230 valence electrons. The molecule has 45 heavy (non-hydrogen) atoms. The Balaban J connectivity index is 1.51. The van der Waals surface area contributed by atoms with Crippen LogP contribution in [-0.4, -0.2) is 34.1 Å². The molecule has 8 unspecified atom stereocenters. The molecule has 2 saturated carbocycles. The van der Waals surface area contributed by atoms with Crippen LogP contribution in [0.1, 0.15) is 38.8 Å². The Kier molecular flexibility index (Phi) is 5.79. The van der Waals surface area contributed by atoms with Crippen LogP contribution in [0.5, 0.6) is 11.5 Å². The molecule has 0 radical (unpaired) electrons. The summed E-state index contributed by atoms with van der Waals surface area (Å²) in [6.45, 7) is 7.70. The van der Waals surface area contributed by atoms with Gasteiger partial charge < -0.3 is 19.7 Å². The van der Waals surface area contributed by atoms with Crippen molar-refractivity contribution in [3.8, 4) is 11.5 Å². The molecule has 9 rings (SSSR count). The lowest BCUT2D eigenvalue weighted by Gasteiger charge is -2.38. The smallest absolute Gasteiger partial charge is 0.315 e. The number of hydrogen-bond acceptors (Lipinski definition) is 6. The van der Waals surface area contributed by atoms with Gasteiger partial charge in [0.25, 0.3) is 0 Å². The van der Waals surface area contributed by atoms with Crippen LogP contribution in [0, 0.1) is 52.8 Å². The van der Waals surface area contributed by atoms with Crippen molar-refractivity contribution < 1.29 is 38.9 Å². The third kappa shape index (κ3) is 3.22. The van der Waals surface area contributed by atoms with Crippen molar-refractivity contribution in [2.75, 3.05) is 0 Å². The van der Waals surface area contributed by atoms with Crippen molar-refractivity contribution in [3.63, 3.8) is 0 Å². The van der Waals surface area contributed by atoms with Gasteiger partial charge in [-0.2, -0.15) is 0 Å². The fourth-order valence-corrected chi connectivity index (χ4v) is 10.7. The average molecular weight is 607 g/mol. The van der Waals surface area contributed by atoms with Gasteiger partial charge in [0, 0.05) is 33.4 Å². The molecular formula is C37H34O8. The fraction of sp³-hybridized carbons (Fsp3) is 0.405. The summed E-state index contributed by atoms with van der Waals surface area (Å²) < 4.78 is 12.9. The van der Waals surface area contributed by atoms with Gasteiger partial charge in [-0.1, -0.05) is 73.5 Å². The molecule has 2 fully saturated rings. The molecule has 2 N–H and O–H groups in total. The van der Waals surface area contributed by atoms with Crippen molar-refractivity contribution in [2.45, 2.75) is 40.5 Å². The van der Waals surface area contributed by atoms with E-state index in [1.54, 1.807) is 0 Å². The molecule has 8 nitrogen and oxygen atoms in total. The lowest BCUT2D eigenvalue weighted by atomic mass is 9.63. The molecule has 9 bridgehead atoms. The van der Waals surface area contributed by atoms with Crippen molar-refractivity contribution in [1.82, 2.24) is 0 Å². The second-order valence-corrected chi connectivity index (χ2v) is 13.5. The topological polar surface area (TPSA) is 127 Å². The maximum atomic E-state index is 14.6. The van der Waals surface area contributed by atoms with Gasteiger partial charge in [-0.3, -0.25) is 19.2 Å². The first kappa shape index (κ1) is 28.0. The molecule has 6 aliphatic rings. The van der Waals surface area contributed by atoms with E-state index in [-0.39, 0.29) is 0 Å². The van der Waals surface area contributed by atoms with Gasteiger partial charge >= 0.3 is 23.9 Å². The lowest BCUT2D eigenvalue weighted by Crippen LogP contribution is -2.39. The molecule has 3 aromatic carbocycles. The number of carbonyl (C=O) groups is 4. The average Bonchev–Trinajstić information content (AvgIpc) is 3.68. The molecule has 8 heteroatoms. The van der Waals surface area contributed by atoms with E-state index in [0.717, 1.165) is 22.3 Å². The summed E-state index contributed by atoms with van der Waals surface area (Å²) in [7, 11) is 0. The molecule has 8 atom stereocenters. The fourth-order valence-electron chi connectivity index (χ4n) is 10.7. The molecule has 0 aromatic heterocycles. The first-order valence-corrected chi connectivity index (χ1v) is 15.8. The minimum absolute atomic E-state index is 0.337. The summed E-state index contributed by atoms with van der Waals surface area (Å²) >= 11 is 0. The summed E-state index contributed by atoms with van der Waals surface area (Å²) in [5.74, 6) is -9.70. The first-order valence-electron chi connectivity index (χ1n) is 15.8. The Morgan fingerprint density at radius 2 is 1.11 bits per heavy atom. The molecule has 0 amide bonds. The summed E-state index contributed by atoms with van der Waals surface area (Å²) in [4.78, 5) is 55.6. The maximum absolute atomic E-state index is 14.6. The zero-order valence-corrected chi connectivity index (χ0v) is 25.5. The Morgan fingerprint density at radius 1 is 0.711 bits per heavy atom. The predicted octanol–water partition coefficient (Wildman–Crippen LogP) is 5.97. The number of carboxylic acid groups (broad SMARTS) is 2. The minimum Gasteiger partial charge on any atom is -0.481 e. The van der Waals surface area contributed by atoms with Crippen LogP contribution in [0.3, 0.4) is 0 Å². The number of benzene rings is 3. The van der Waals surface area contributed by atoms with E-state index >= 15 is 0 Å². The molecule has 0 saturated heterocycles. The predicted molar refractivity (Wildman–Crippen MR) is 165 cm³/mol. The normalized spacial score (nSPS) is 34.2. The Hall–Kier alpha value is -4.46. The number of carboxylic acids is 2. The molecule has 1 spiro atoms. The maximum Gasteiger partial charge on any atom is 0.315 e. The van der Waals surface area contributed by atoms with E-state index in [4.69, 9.17) is 9.47 Å². The van der Waals surface area contributed by atoms with E-state index < -0.39 is 76.6 Å². The Labute approximate surface area is 259 Å².